The van der Waals surface area contributed by atoms with Crippen LogP contribution in [0.3, 0.4) is 0 Å². The van der Waals surface area contributed by atoms with E-state index < -0.39 is 26.5 Å². The number of hydrogen-bond donors (Lipinski definition) is 1. The first-order valence-electron chi connectivity index (χ1n) is 6.28. The second-order valence-corrected chi connectivity index (χ2v) is 6.61. The summed E-state index contributed by atoms with van der Waals surface area (Å²) in [6.45, 7) is 1.41. The van der Waals surface area contributed by atoms with Gasteiger partial charge in [0, 0.05) is 12.1 Å². The molecule has 0 atom stereocenters. The molecule has 1 saturated carbocycles. The molecule has 0 aromatic heterocycles. The summed E-state index contributed by atoms with van der Waals surface area (Å²) in [6, 6.07) is 1.51. The summed E-state index contributed by atoms with van der Waals surface area (Å²) in [5.74, 6) is -1.03. The number of halogens is 1. The molecule has 0 heterocycles. The van der Waals surface area contributed by atoms with Crippen molar-refractivity contribution in [2.24, 2.45) is 0 Å². The first-order chi connectivity index (χ1) is 9.31. The quantitative estimate of drug-likeness (QED) is 0.682. The Morgan fingerprint density at radius 3 is 2.50 bits per heavy atom. The van der Waals surface area contributed by atoms with Crippen molar-refractivity contribution in [3.05, 3.63) is 33.6 Å². The molecule has 1 aliphatic rings. The predicted molar refractivity (Wildman–Crippen MR) is 70.4 cm³/mol. The van der Waals surface area contributed by atoms with Crippen LogP contribution in [-0.2, 0) is 10.0 Å². The Morgan fingerprint density at radius 2 is 1.95 bits per heavy atom. The Kier molecular flexibility index (Phi) is 4.05. The molecule has 20 heavy (non-hydrogen) atoms. The highest BCUT2D eigenvalue weighted by Crippen LogP contribution is 2.27. The number of nitro benzene ring substituents is 1. The van der Waals surface area contributed by atoms with Gasteiger partial charge >= 0.3 is 5.69 Å². The lowest BCUT2D eigenvalue weighted by molar-refractivity contribution is -0.387. The first kappa shape index (κ1) is 14.9. The third kappa shape index (κ3) is 2.96. The van der Waals surface area contributed by atoms with Crippen LogP contribution in [0.15, 0.2) is 17.0 Å². The standard InChI is InChI=1S/C12H15FN2O4S/c1-8-6-10(13)11(15(16)17)7-12(8)20(18,19)14-9-4-2-3-5-9/h6-7,9,14H,2-5H2,1H3. The van der Waals surface area contributed by atoms with E-state index in [4.69, 9.17) is 0 Å². The zero-order chi connectivity index (χ0) is 14.9. The monoisotopic (exact) mass is 302 g/mol. The molecule has 6 nitrogen and oxygen atoms in total. The topological polar surface area (TPSA) is 89.3 Å². The second-order valence-electron chi connectivity index (χ2n) is 4.93. The molecule has 0 spiro atoms. The molecule has 1 aromatic carbocycles. The van der Waals surface area contributed by atoms with E-state index in [-0.39, 0.29) is 16.5 Å². The average Bonchev–Trinajstić information content (AvgIpc) is 2.79. The molecule has 110 valence electrons. The van der Waals surface area contributed by atoms with Crippen molar-refractivity contribution in [3.8, 4) is 0 Å². The molecule has 0 radical (unpaired) electrons. The Balaban J connectivity index is 2.40. The molecule has 1 fully saturated rings. The van der Waals surface area contributed by atoms with Gasteiger partial charge in [-0.1, -0.05) is 12.8 Å². The fraction of sp³-hybridized carbons (Fsp3) is 0.500. The van der Waals surface area contributed by atoms with E-state index in [0.29, 0.717) is 0 Å². The van der Waals surface area contributed by atoms with Gasteiger partial charge in [-0.15, -0.1) is 0 Å². The molecule has 0 aliphatic heterocycles. The fourth-order valence-electron chi connectivity index (χ4n) is 2.40. The molecule has 2 rings (SSSR count). The van der Waals surface area contributed by atoms with Gasteiger partial charge in [0.2, 0.25) is 15.8 Å². The average molecular weight is 302 g/mol. The highest BCUT2D eigenvalue weighted by Gasteiger charge is 2.27. The van der Waals surface area contributed by atoms with Crippen molar-refractivity contribution in [1.29, 1.82) is 0 Å². The molecule has 0 bridgehead atoms. The van der Waals surface area contributed by atoms with Gasteiger partial charge in [-0.05, 0) is 31.4 Å². The highest BCUT2D eigenvalue weighted by atomic mass is 32.2. The van der Waals surface area contributed by atoms with Crippen LogP contribution in [0.1, 0.15) is 31.2 Å². The Hall–Kier alpha value is -1.54. The van der Waals surface area contributed by atoms with Crippen molar-refractivity contribution in [2.75, 3.05) is 0 Å². The van der Waals surface area contributed by atoms with Gasteiger partial charge in [-0.2, -0.15) is 4.39 Å². The number of benzene rings is 1. The fourth-order valence-corrected chi connectivity index (χ4v) is 3.95. The normalized spacial score (nSPS) is 16.5. The summed E-state index contributed by atoms with van der Waals surface area (Å²) in [7, 11) is -3.87. The summed E-state index contributed by atoms with van der Waals surface area (Å²) in [5, 5.41) is 10.7. The maximum absolute atomic E-state index is 13.4. The zero-order valence-corrected chi connectivity index (χ0v) is 11.7. The minimum absolute atomic E-state index is 0.150. The second kappa shape index (κ2) is 5.45. The molecule has 0 amide bonds. The van der Waals surface area contributed by atoms with Gasteiger partial charge < -0.3 is 0 Å². The van der Waals surface area contributed by atoms with Crippen molar-refractivity contribution >= 4 is 15.7 Å². The largest absolute Gasteiger partial charge is 0.306 e. The maximum Gasteiger partial charge on any atom is 0.306 e. The number of hydrogen-bond acceptors (Lipinski definition) is 4. The molecule has 1 aliphatic carbocycles. The van der Waals surface area contributed by atoms with Gasteiger partial charge in [0.05, 0.1) is 9.82 Å². The molecular formula is C12H15FN2O4S. The third-order valence-electron chi connectivity index (χ3n) is 3.41. The van der Waals surface area contributed by atoms with Crippen LogP contribution in [-0.4, -0.2) is 19.4 Å². The van der Waals surface area contributed by atoms with E-state index in [2.05, 4.69) is 4.72 Å². The molecule has 0 saturated heterocycles. The molecular weight excluding hydrogens is 287 g/mol. The van der Waals surface area contributed by atoms with E-state index in [1.165, 1.54) is 6.92 Å². The smallest absolute Gasteiger partial charge is 0.258 e. The van der Waals surface area contributed by atoms with Crippen LogP contribution in [0, 0.1) is 22.9 Å². The summed E-state index contributed by atoms with van der Waals surface area (Å²) in [6.07, 6.45) is 3.41. The van der Waals surface area contributed by atoms with Crippen molar-refractivity contribution < 1.29 is 17.7 Å². The summed E-state index contributed by atoms with van der Waals surface area (Å²) < 4.78 is 40.4. The zero-order valence-electron chi connectivity index (χ0n) is 10.9. The van der Waals surface area contributed by atoms with E-state index in [1.807, 2.05) is 0 Å². The van der Waals surface area contributed by atoms with E-state index >= 15 is 0 Å². The SMILES string of the molecule is Cc1cc(F)c([N+](=O)[O-])cc1S(=O)(=O)NC1CCCC1. The lowest BCUT2D eigenvalue weighted by Gasteiger charge is -2.14. The van der Waals surface area contributed by atoms with E-state index in [0.717, 1.165) is 37.8 Å². The predicted octanol–water partition coefficient (Wildman–Crippen LogP) is 2.26. The number of aryl methyl sites for hydroxylation is 1. The van der Waals surface area contributed by atoms with Crippen LogP contribution in [0.25, 0.3) is 0 Å². The summed E-state index contributed by atoms with van der Waals surface area (Å²) in [5.41, 5.74) is -0.680. The van der Waals surface area contributed by atoms with Crippen LogP contribution in [0.2, 0.25) is 0 Å². The Bertz CT molecular complexity index is 639. The van der Waals surface area contributed by atoms with Crippen LogP contribution >= 0.6 is 0 Å². The van der Waals surface area contributed by atoms with Gasteiger partial charge in [-0.3, -0.25) is 10.1 Å². The molecule has 1 aromatic rings. The van der Waals surface area contributed by atoms with Gasteiger partial charge in [0.1, 0.15) is 0 Å². The Morgan fingerprint density at radius 1 is 1.35 bits per heavy atom. The van der Waals surface area contributed by atoms with Gasteiger partial charge in [0.25, 0.3) is 0 Å². The van der Waals surface area contributed by atoms with Gasteiger partial charge in [0.15, 0.2) is 0 Å². The lowest BCUT2D eigenvalue weighted by atomic mass is 10.2. The van der Waals surface area contributed by atoms with E-state index in [1.54, 1.807) is 0 Å². The maximum atomic E-state index is 13.4. The number of nitrogens with zero attached hydrogens (tertiary/aromatic N) is 1. The third-order valence-corrected chi connectivity index (χ3v) is 5.07. The highest BCUT2D eigenvalue weighted by molar-refractivity contribution is 7.89. The molecule has 1 N–H and O–H groups in total. The van der Waals surface area contributed by atoms with Crippen LogP contribution in [0.5, 0.6) is 0 Å². The minimum Gasteiger partial charge on any atom is -0.258 e. The number of sulfonamides is 1. The van der Waals surface area contributed by atoms with E-state index in [9.17, 15) is 22.9 Å². The molecule has 8 heteroatoms. The Labute approximate surface area is 116 Å². The minimum atomic E-state index is -3.87. The van der Waals surface area contributed by atoms with Crippen molar-refractivity contribution in [1.82, 2.24) is 4.72 Å². The lowest BCUT2D eigenvalue weighted by Crippen LogP contribution is -2.33. The van der Waals surface area contributed by atoms with Crippen molar-refractivity contribution in [3.63, 3.8) is 0 Å². The van der Waals surface area contributed by atoms with Crippen LogP contribution < -0.4 is 4.72 Å². The number of nitrogens with one attached hydrogen (secondary N) is 1. The molecule has 0 unspecified atom stereocenters. The summed E-state index contributed by atoms with van der Waals surface area (Å²) in [4.78, 5) is 9.54. The van der Waals surface area contributed by atoms with Crippen molar-refractivity contribution in [2.45, 2.75) is 43.5 Å². The van der Waals surface area contributed by atoms with Gasteiger partial charge in [-0.25, -0.2) is 13.1 Å². The van der Waals surface area contributed by atoms with Crippen LogP contribution in [0.4, 0.5) is 10.1 Å². The first-order valence-corrected chi connectivity index (χ1v) is 7.76. The summed E-state index contributed by atoms with van der Waals surface area (Å²) >= 11 is 0. The number of rotatable bonds is 4. The number of nitro groups is 1.